The minimum Gasteiger partial charge on any atom is -0.459 e. The molecule has 32 heavy (non-hydrogen) atoms. The van der Waals surface area contributed by atoms with Gasteiger partial charge in [-0.2, -0.15) is 5.10 Å². The van der Waals surface area contributed by atoms with Crippen LogP contribution in [-0.4, -0.2) is 17.5 Å². The number of hydrogen-bond donors (Lipinski definition) is 2. The van der Waals surface area contributed by atoms with E-state index in [1.165, 1.54) is 11.8 Å². The van der Waals surface area contributed by atoms with Crippen LogP contribution in [0.25, 0.3) is 0 Å². The molecule has 1 aromatic carbocycles. The van der Waals surface area contributed by atoms with Gasteiger partial charge in [0.2, 0.25) is 0 Å². The van der Waals surface area contributed by atoms with Gasteiger partial charge in [-0.05, 0) is 62.4 Å². The lowest BCUT2D eigenvalue weighted by Gasteiger charge is -2.13. The van der Waals surface area contributed by atoms with Crippen molar-refractivity contribution in [3.63, 3.8) is 0 Å². The van der Waals surface area contributed by atoms with E-state index in [2.05, 4.69) is 22.8 Å². The van der Waals surface area contributed by atoms with Crippen molar-refractivity contribution in [1.29, 1.82) is 0 Å². The number of carbonyl (C=O) groups is 2. The molecule has 0 radical (unpaired) electrons. The number of aryl methyl sites for hydroxylation is 2. The van der Waals surface area contributed by atoms with Crippen LogP contribution < -0.4 is 10.7 Å². The molecule has 0 unspecified atom stereocenters. The normalized spacial score (nSPS) is 14.2. The van der Waals surface area contributed by atoms with E-state index in [0.717, 1.165) is 54.7 Å². The highest BCUT2D eigenvalue weighted by molar-refractivity contribution is 6.09. The zero-order valence-electron chi connectivity index (χ0n) is 18.4. The number of carbonyl (C=O) groups excluding carboxylic acids is 2. The quantitative estimate of drug-likeness (QED) is 0.498. The lowest BCUT2D eigenvalue weighted by molar-refractivity contribution is 0.0926. The van der Waals surface area contributed by atoms with Gasteiger partial charge in [0.25, 0.3) is 5.91 Å². The van der Waals surface area contributed by atoms with E-state index in [9.17, 15) is 9.59 Å². The molecule has 7 nitrogen and oxygen atoms in total. The van der Waals surface area contributed by atoms with Crippen LogP contribution in [0.4, 0.5) is 5.69 Å². The minimum atomic E-state index is -0.420. The van der Waals surface area contributed by atoms with E-state index in [1.54, 1.807) is 12.1 Å². The molecule has 4 rings (SSSR count). The summed E-state index contributed by atoms with van der Waals surface area (Å²) in [5.41, 5.74) is 6.74. The molecule has 0 aliphatic heterocycles. The predicted octanol–water partition coefficient (Wildman–Crippen LogP) is 5.25. The van der Waals surface area contributed by atoms with Gasteiger partial charge in [0.15, 0.2) is 11.5 Å². The number of nitrogens with one attached hydrogen (secondary N) is 2. The monoisotopic (exact) mass is 433 g/mol. The van der Waals surface area contributed by atoms with Crippen molar-refractivity contribution >= 4 is 23.2 Å². The molecule has 2 heterocycles. The summed E-state index contributed by atoms with van der Waals surface area (Å²) in [6, 6.07) is 11.1. The Hall–Kier alpha value is -3.61. The summed E-state index contributed by atoms with van der Waals surface area (Å²) in [6.07, 6.45) is 7.01. The summed E-state index contributed by atoms with van der Waals surface area (Å²) in [5.74, 6) is 0.472. The molecule has 0 bridgehead atoms. The Balaban J connectivity index is 1.50. The first-order valence-electron chi connectivity index (χ1n) is 11.0. The van der Waals surface area contributed by atoms with Crippen LogP contribution in [-0.2, 0) is 12.8 Å². The van der Waals surface area contributed by atoms with Crippen molar-refractivity contribution in [2.24, 2.45) is 5.10 Å². The van der Waals surface area contributed by atoms with Crippen LogP contribution in [0, 0.1) is 6.92 Å². The summed E-state index contributed by atoms with van der Waals surface area (Å²) in [6.45, 7) is 4.02. The Kier molecular flexibility index (Phi) is 6.54. The molecule has 0 saturated carbocycles. The van der Waals surface area contributed by atoms with Gasteiger partial charge in [0, 0.05) is 23.2 Å². The van der Waals surface area contributed by atoms with Gasteiger partial charge in [-0.25, -0.2) is 5.43 Å². The van der Waals surface area contributed by atoms with E-state index in [-0.39, 0.29) is 17.4 Å². The number of anilines is 1. The average molecular weight is 434 g/mol. The number of fused-ring (bicyclic) bond motifs is 1. The van der Waals surface area contributed by atoms with Crippen LogP contribution >= 0.6 is 0 Å². The highest BCUT2D eigenvalue weighted by Gasteiger charge is 2.28. The fourth-order valence-electron chi connectivity index (χ4n) is 3.90. The zero-order chi connectivity index (χ0) is 22.5. The SMILES string of the molecule is CCCCc1ccc(NC(=O)c2oc3c(c2C)/C(=N/NC(=O)c2ccco2)CCC3)cc1. The molecule has 2 N–H and O–H groups in total. The molecule has 0 fully saturated rings. The second kappa shape index (κ2) is 9.68. The first-order chi connectivity index (χ1) is 15.6. The van der Waals surface area contributed by atoms with Crippen LogP contribution in [0.3, 0.4) is 0 Å². The Morgan fingerprint density at radius 1 is 1.09 bits per heavy atom. The molecule has 1 aliphatic carbocycles. The molecule has 3 aromatic rings. The van der Waals surface area contributed by atoms with Crippen molar-refractivity contribution in [3.8, 4) is 0 Å². The smallest absolute Gasteiger partial charge is 0.307 e. The van der Waals surface area contributed by atoms with Gasteiger partial charge in [0.05, 0.1) is 12.0 Å². The van der Waals surface area contributed by atoms with E-state index < -0.39 is 5.91 Å². The maximum absolute atomic E-state index is 12.9. The topological polar surface area (TPSA) is 96.8 Å². The van der Waals surface area contributed by atoms with Crippen molar-refractivity contribution in [2.75, 3.05) is 5.32 Å². The summed E-state index contributed by atoms with van der Waals surface area (Å²) in [5, 5.41) is 7.22. The first-order valence-corrected chi connectivity index (χ1v) is 11.0. The van der Waals surface area contributed by atoms with Gasteiger partial charge in [0.1, 0.15) is 5.76 Å². The maximum atomic E-state index is 12.9. The van der Waals surface area contributed by atoms with E-state index >= 15 is 0 Å². The molecule has 0 saturated heterocycles. The maximum Gasteiger partial charge on any atom is 0.307 e. The van der Waals surface area contributed by atoms with Crippen LogP contribution in [0.1, 0.15) is 76.2 Å². The molecule has 2 amide bonds. The molecular formula is C25H27N3O4. The molecule has 0 atom stereocenters. The Morgan fingerprint density at radius 2 is 1.91 bits per heavy atom. The van der Waals surface area contributed by atoms with Gasteiger partial charge in [-0.15, -0.1) is 0 Å². The van der Waals surface area contributed by atoms with E-state index in [4.69, 9.17) is 8.83 Å². The number of nitrogens with zero attached hydrogens (tertiary/aromatic N) is 1. The Bertz CT molecular complexity index is 1120. The van der Waals surface area contributed by atoms with Crippen LogP contribution in [0.5, 0.6) is 0 Å². The number of hydrogen-bond acceptors (Lipinski definition) is 5. The number of benzene rings is 1. The number of rotatable bonds is 7. The summed E-state index contributed by atoms with van der Waals surface area (Å²) in [4.78, 5) is 25.1. The van der Waals surface area contributed by atoms with Gasteiger partial charge < -0.3 is 14.2 Å². The van der Waals surface area contributed by atoms with Gasteiger partial charge in [-0.1, -0.05) is 25.5 Å². The molecule has 166 valence electrons. The summed E-state index contributed by atoms with van der Waals surface area (Å²) in [7, 11) is 0. The predicted molar refractivity (Wildman–Crippen MR) is 122 cm³/mol. The lowest BCUT2D eigenvalue weighted by Crippen LogP contribution is -2.21. The molecule has 7 heteroatoms. The number of hydrazone groups is 1. The number of unbranched alkanes of at least 4 members (excludes halogenated alkanes) is 1. The number of amides is 2. The second-order valence-electron chi connectivity index (χ2n) is 7.94. The van der Waals surface area contributed by atoms with E-state index in [1.807, 2.05) is 31.2 Å². The highest BCUT2D eigenvalue weighted by Crippen LogP contribution is 2.30. The molecule has 0 spiro atoms. The zero-order valence-corrected chi connectivity index (χ0v) is 18.4. The fraction of sp³-hybridized carbons (Fsp3) is 0.320. The Morgan fingerprint density at radius 3 is 2.62 bits per heavy atom. The minimum absolute atomic E-state index is 0.190. The average Bonchev–Trinajstić information content (AvgIpc) is 3.46. The van der Waals surface area contributed by atoms with Crippen molar-refractivity contribution < 1.29 is 18.4 Å². The highest BCUT2D eigenvalue weighted by atomic mass is 16.4. The van der Waals surface area contributed by atoms with Crippen molar-refractivity contribution in [2.45, 2.75) is 52.4 Å². The van der Waals surface area contributed by atoms with Crippen molar-refractivity contribution in [1.82, 2.24) is 5.43 Å². The summed E-state index contributed by atoms with van der Waals surface area (Å²) < 4.78 is 11.0. The standard InChI is InChI=1S/C25H27N3O4/c1-3-4-7-17-11-13-18(14-12-17)26-25(30)23-16(2)22-19(8-5-9-20(22)32-23)27-28-24(29)21-10-6-15-31-21/h6,10-15H,3-5,7-9H2,1-2H3,(H,26,30)(H,28,29)/b27-19+. The summed E-state index contributed by atoms with van der Waals surface area (Å²) >= 11 is 0. The van der Waals surface area contributed by atoms with Crippen LogP contribution in [0.15, 0.2) is 56.6 Å². The largest absolute Gasteiger partial charge is 0.459 e. The second-order valence-corrected chi connectivity index (χ2v) is 7.94. The molecule has 1 aliphatic rings. The first kappa shape index (κ1) is 21.6. The van der Waals surface area contributed by atoms with E-state index in [0.29, 0.717) is 12.1 Å². The van der Waals surface area contributed by atoms with Gasteiger partial charge >= 0.3 is 5.91 Å². The van der Waals surface area contributed by atoms with Crippen LogP contribution in [0.2, 0.25) is 0 Å². The molecule has 2 aromatic heterocycles. The lowest BCUT2D eigenvalue weighted by atomic mass is 9.93. The van der Waals surface area contributed by atoms with Crippen molar-refractivity contribution in [3.05, 3.63) is 76.6 Å². The fourth-order valence-corrected chi connectivity index (χ4v) is 3.90. The third-order valence-corrected chi connectivity index (χ3v) is 5.60. The van der Waals surface area contributed by atoms with Gasteiger partial charge in [-0.3, -0.25) is 9.59 Å². The molecular weight excluding hydrogens is 406 g/mol. The Labute approximate surface area is 186 Å². The third-order valence-electron chi connectivity index (χ3n) is 5.60. The number of furan rings is 2. The third kappa shape index (κ3) is 4.66.